The van der Waals surface area contributed by atoms with E-state index in [4.69, 9.17) is 0 Å². The largest absolute Gasteiger partial charge is 0.393 e. The summed E-state index contributed by atoms with van der Waals surface area (Å²) in [5, 5.41) is 9.53. The van der Waals surface area contributed by atoms with Crippen LogP contribution >= 0.6 is 0 Å². The molecule has 18 heavy (non-hydrogen) atoms. The Bertz CT molecular complexity index is 371. The Balaban J connectivity index is 2.33. The van der Waals surface area contributed by atoms with Gasteiger partial charge in [-0.05, 0) is 18.1 Å². The summed E-state index contributed by atoms with van der Waals surface area (Å²) in [6.07, 6.45) is -3.35. The first kappa shape index (κ1) is 14.9. The Labute approximate surface area is 102 Å². The molecule has 0 fully saturated rings. The molecule has 1 atom stereocenters. The van der Waals surface area contributed by atoms with Gasteiger partial charge in [-0.3, -0.25) is 0 Å². The van der Waals surface area contributed by atoms with Gasteiger partial charge in [0.15, 0.2) is 0 Å². The summed E-state index contributed by atoms with van der Waals surface area (Å²) in [7, 11) is 0. The highest BCUT2D eigenvalue weighted by Gasteiger charge is 2.11. The van der Waals surface area contributed by atoms with E-state index in [-0.39, 0.29) is 25.0 Å². The van der Waals surface area contributed by atoms with Gasteiger partial charge in [0.25, 0.3) is 6.43 Å². The van der Waals surface area contributed by atoms with Crippen LogP contribution in [0.15, 0.2) is 18.2 Å². The molecule has 0 heterocycles. The molecule has 1 N–H and O–H groups in total. The summed E-state index contributed by atoms with van der Waals surface area (Å²) in [5.41, 5.74) is 0.178. The van der Waals surface area contributed by atoms with Crippen LogP contribution in [0.1, 0.15) is 12.0 Å². The Hall–Kier alpha value is -1.14. The van der Waals surface area contributed by atoms with Crippen molar-refractivity contribution in [3.05, 3.63) is 35.4 Å². The molecule has 6 heteroatoms. The van der Waals surface area contributed by atoms with Crippen LogP contribution in [-0.4, -0.2) is 30.8 Å². The number of rotatable bonds is 7. The van der Waals surface area contributed by atoms with Gasteiger partial charge in [-0.1, -0.05) is 6.07 Å². The van der Waals surface area contributed by atoms with E-state index in [1.807, 2.05) is 0 Å². The fourth-order valence-electron chi connectivity index (χ4n) is 1.43. The van der Waals surface area contributed by atoms with Crippen molar-refractivity contribution >= 4 is 0 Å². The smallest absolute Gasteiger partial charge is 0.261 e. The first-order chi connectivity index (χ1) is 8.49. The number of hydrogen-bond acceptors (Lipinski definition) is 2. The standard InChI is InChI=1S/C12H14F4O2/c13-9-2-1-8(11(14)6-9)5-10(17)3-4-18-7-12(15)16/h1-2,6,10,12,17H,3-5,7H2. The monoisotopic (exact) mass is 266 g/mol. The van der Waals surface area contributed by atoms with Gasteiger partial charge in [-0.2, -0.15) is 0 Å². The maximum absolute atomic E-state index is 13.2. The highest BCUT2D eigenvalue weighted by atomic mass is 19.3. The van der Waals surface area contributed by atoms with Crippen LogP contribution in [0.5, 0.6) is 0 Å². The molecule has 0 saturated heterocycles. The molecule has 1 rings (SSSR count). The molecule has 1 unspecified atom stereocenters. The Morgan fingerprint density at radius 3 is 2.56 bits per heavy atom. The molecule has 1 aromatic rings. The van der Waals surface area contributed by atoms with Crippen LogP contribution in [0.25, 0.3) is 0 Å². The number of alkyl halides is 2. The van der Waals surface area contributed by atoms with E-state index in [0.29, 0.717) is 0 Å². The molecule has 0 aliphatic carbocycles. The summed E-state index contributed by atoms with van der Waals surface area (Å²) in [6.45, 7) is -0.716. The second kappa shape index (κ2) is 7.33. The van der Waals surface area contributed by atoms with Gasteiger partial charge >= 0.3 is 0 Å². The Kier molecular flexibility index (Phi) is 6.07. The second-order valence-electron chi connectivity index (χ2n) is 3.85. The minimum absolute atomic E-state index is 0.00977. The van der Waals surface area contributed by atoms with Crippen molar-refractivity contribution in [2.24, 2.45) is 0 Å². The first-order valence-corrected chi connectivity index (χ1v) is 5.47. The molecule has 0 spiro atoms. The van der Waals surface area contributed by atoms with Crippen LogP contribution in [0.4, 0.5) is 17.6 Å². The number of halogens is 4. The lowest BCUT2D eigenvalue weighted by molar-refractivity contribution is 0.00505. The van der Waals surface area contributed by atoms with Crippen molar-refractivity contribution in [2.75, 3.05) is 13.2 Å². The molecule has 102 valence electrons. The summed E-state index contributed by atoms with van der Waals surface area (Å²) in [6, 6.07) is 3.07. The van der Waals surface area contributed by atoms with Crippen LogP contribution in [-0.2, 0) is 11.2 Å². The predicted molar refractivity (Wildman–Crippen MR) is 57.5 cm³/mol. The van der Waals surface area contributed by atoms with Crippen molar-refractivity contribution in [3.8, 4) is 0 Å². The van der Waals surface area contributed by atoms with Crippen molar-refractivity contribution < 1.29 is 27.4 Å². The quantitative estimate of drug-likeness (QED) is 0.607. The molecule has 0 aliphatic rings. The molecule has 2 nitrogen and oxygen atoms in total. The van der Waals surface area contributed by atoms with Crippen LogP contribution in [0, 0.1) is 11.6 Å². The van der Waals surface area contributed by atoms with E-state index >= 15 is 0 Å². The summed E-state index contributed by atoms with van der Waals surface area (Å²) in [4.78, 5) is 0. The van der Waals surface area contributed by atoms with E-state index < -0.39 is 30.8 Å². The van der Waals surface area contributed by atoms with Crippen molar-refractivity contribution in [1.82, 2.24) is 0 Å². The van der Waals surface area contributed by atoms with E-state index in [0.717, 1.165) is 12.1 Å². The number of hydrogen-bond donors (Lipinski definition) is 1. The van der Waals surface area contributed by atoms with E-state index in [9.17, 15) is 22.7 Å². The topological polar surface area (TPSA) is 29.5 Å². The zero-order valence-corrected chi connectivity index (χ0v) is 9.58. The zero-order chi connectivity index (χ0) is 13.5. The highest BCUT2D eigenvalue weighted by molar-refractivity contribution is 5.19. The van der Waals surface area contributed by atoms with Crippen LogP contribution in [0.2, 0.25) is 0 Å². The molecule has 1 aromatic carbocycles. The number of aliphatic hydroxyl groups excluding tert-OH is 1. The maximum atomic E-state index is 13.2. The zero-order valence-electron chi connectivity index (χ0n) is 9.58. The average Bonchev–Trinajstić information content (AvgIpc) is 2.28. The molecule has 0 bridgehead atoms. The van der Waals surface area contributed by atoms with Crippen molar-refractivity contribution in [2.45, 2.75) is 25.4 Å². The van der Waals surface area contributed by atoms with Gasteiger partial charge in [0.05, 0.1) is 6.10 Å². The number of aliphatic hydroxyl groups is 1. The van der Waals surface area contributed by atoms with Crippen LogP contribution < -0.4 is 0 Å². The first-order valence-electron chi connectivity index (χ1n) is 5.47. The molecule has 0 saturated carbocycles. The summed E-state index contributed by atoms with van der Waals surface area (Å²) < 4.78 is 53.9. The predicted octanol–water partition coefficient (Wildman–Crippen LogP) is 2.54. The van der Waals surface area contributed by atoms with Gasteiger partial charge in [0.1, 0.15) is 18.2 Å². The molecule has 0 amide bonds. The third kappa shape index (κ3) is 5.46. The van der Waals surface area contributed by atoms with Crippen molar-refractivity contribution in [1.29, 1.82) is 0 Å². The minimum Gasteiger partial charge on any atom is -0.393 e. The number of ether oxygens (including phenoxy) is 1. The van der Waals surface area contributed by atoms with Gasteiger partial charge < -0.3 is 9.84 Å². The van der Waals surface area contributed by atoms with Gasteiger partial charge in [0, 0.05) is 19.1 Å². The Morgan fingerprint density at radius 1 is 1.22 bits per heavy atom. The van der Waals surface area contributed by atoms with Gasteiger partial charge in [-0.15, -0.1) is 0 Å². The second-order valence-corrected chi connectivity index (χ2v) is 3.85. The molecular weight excluding hydrogens is 252 g/mol. The molecule has 0 aromatic heterocycles. The number of benzene rings is 1. The lowest BCUT2D eigenvalue weighted by Gasteiger charge is -2.11. The highest BCUT2D eigenvalue weighted by Crippen LogP contribution is 2.13. The average molecular weight is 266 g/mol. The normalized spacial score (nSPS) is 13.0. The molecular formula is C12H14F4O2. The lowest BCUT2D eigenvalue weighted by atomic mass is 10.1. The van der Waals surface area contributed by atoms with Gasteiger partial charge in [0.2, 0.25) is 0 Å². The fourth-order valence-corrected chi connectivity index (χ4v) is 1.43. The molecule has 0 radical (unpaired) electrons. The van der Waals surface area contributed by atoms with E-state index in [1.54, 1.807) is 0 Å². The third-order valence-electron chi connectivity index (χ3n) is 2.31. The summed E-state index contributed by atoms with van der Waals surface area (Å²) in [5.74, 6) is -1.42. The SMILES string of the molecule is OC(CCOCC(F)F)Cc1ccc(F)cc1F. The van der Waals surface area contributed by atoms with E-state index in [2.05, 4.69) is 4.74 Å². The fraction of sp³-hybridized carbons (Fsp3) is 0.500. The van der Waals surface area contributed by atoms with Crippen LogP contribution in [0.3, 0.4) is 0 Å². The van der Waals surface area contributed by atoms with E-state index in [1.165, 1.54) is 6.07 Å². The minimum atomic E-state index is -2.54. The third-order valence-corrected chi connectivity index (χ3v) is 2.31. The van der Waals surface area contributed by atoms with Crippen molar-refractivity contribution in [3.63, 3.8) is 0 Å². The lowest BCUT2D eigenvalue weighted by Crippen LogP contribution is -2.16. The molecule has 0 aliphatic heterocycles. The van der Waals surface area contributed by atoms with Gasteiger partial charge in [-0.25, -0.2) is 17.6 Å². The Morgan fingerprint density at radius 2 is 1.94 bits per heavy atom. The maximum Gasteiger partial charge on any atom is 0.261 e. The summed E-state index contributed by atoms with van der Waals surface area (Å²) >= 11 is 0.